The van der Waals surface area contributed by atoms with Crippen LogP contribution < -0.4 is 5.32 Å². The number of β-lactam (4-membered cyclic amide) rings is 1. The van der Waals surface area contributed by atoms with E-state index in [4.69, 9.17) is 5.11 Å². The number of carbonyl (C=O) groups is 2. The number of unbranched alkanes of at least 4 members (excludes halogenated alkanes) is 4. The molecule has 1 aliphatic heterocycles. The number of nitrogens with one attached hydrogen (secondary N) is 1. The minimum Gasteiger partial charge on any atom is -0.465 e. The largest absolute Gasteiger partial charge is 0.465 e. The van der Waals surface area contributed by atoms with Gasteiger partial charge in [0.05, 0.1) is 0 Å². The van der Waals surface area contributed by atoms with Crippen molar-refractivity contribution in [2.45, 2.75) is 45.1 Å². The molecule has 0 bridgehead atoms. The Bertz CT molecular complexity index is 256. The summed E-state index contributed by atoms with van der Waals surface area (Å²) in [5, 5.41) is 11.5. The van der Waals surface area contributed by atoms with Crippen molar-refractivity contribution in [3.8, 4) is 0 Å². The monoisotopic (exact) mass is 228 g/mol. The van der Waals surface area contributed by atoms with Gasteiger partial charge in [0.2, 0.25) is 5.91 Å². The van der Waals surface area contributed by atoms with Crippen LogP contribution in [0.3, 0.4) is 0 Å². The van der Waals surface area contributed by atoms with Gasteiger partial charge in [0.25, 0.3) is 0 Å². The van der Waals surface area contributed by atoms with Crippen molar-refractivity contribution in [3.63, 3.8) is 0 Å². The molecule has 1 heterocycles. The third-order valence-corrected chi connectivity index (χ3v) is 2.90. The molecule has 0 spiro atoms. The normalized spacial score (nSPS) is 18.8. The van der Waals surface area contributed by atoms with Crippen LogP contribution in [-0.2, 0) is 4.79 Å². The first-order chi connectivity index (χ1) is 7.66. The average Bonchev–Trinajstić information content (AvgIpc) is 2.24. The van der Waals surface area contributed by atoms with Crippen molar-refractivity contribution < 1.29 is 14.7 Å². The number of nitrogens with zero attached hydrogens (tertiary/aromatic N) is 1. The summed E-state index contributed by atoms with van der Waals surface area (Å²) in [5.74, 6) is -0.170. The number of hydrogen-bond donors (Lipinski definition) is 2. The average molecular weight is 228 g/mol. The van der Waals surface area contributed by atoms with Crippen molar-refractivity contribution in [2.24, 2.45) is 0 Å². The minimum atomic E-state index is -0.990. The number of carbonyl (C=O) groups excluding carboxylic acids is 1. The summed E-state index contributed by atoms with van der Waals surface area (Å²) in [5.41, 5.74) is 0. The zero-order valence-electron chi connectivity index (χ0n) is 9.74. The fraction of sp³-hybridized carbons (Fsp3) is 0.818. The molecular formula is C11H20N2O3. The number of carboxylic acid groups (broad SMARTS) is 1. The smallest absolute Gasteiger partial charge is 0.408 e. The van der Waals surface area contributed by atoms with Crippen LogP contribution in [0.4, 0.5) is 4.79 Å². The van der Waals surface area contributed by atoms with Crippen LogP contribution >= 0.6 is 0 Å². The molecule has 1 atom stereocenters. The van der Waals surface area contributed by atoms with Crippen molar-refractivity contribution in [3.05, 3.63) is 0 Å². The van der Waals surface area contributed by atoms with E-state index in [1.807, 2.05) is 0 Å². The Balaban J connectivity index is 2.24. The van der Waals surface area contributed by atoms with Gasteiger partial charge in [-0.1, -0.05) is 32.6 Å². The maximum Gasteiger partial charge on any atom is 0.408 e. The number of rotatable bonds is 7. The van der Waals surface area contributed by atoms with E-state index < -0.39 is 12.1 Å². The SMILES string of the molecule is CCCCCCCN(C(=O)O)[C@H]1CNC1=O. The van der Waals surface area contributed by atoms with Crippen molar-refractivity contribution in [1.82, 2.24) is 10.2 Å². The van der Waals surface area contributed by atoms with Gasteiger partial charge in [-0.15, -0.1) is 0 Å². The highest BCUT2D eigenvalue weighted by molar-refractivity contribution is 5.90. The van der Waals surface area contributed by atoms with E-state index >= 15 is 0 Å². The van der Waals surface area contributed by atoms with Gasteiger partial charge < -0.3 is 10.4 Å². The van der Waals surface area contributed by atoms with Crippen LogP contribution in [0.1, 0.15) is 39.0 Å². The number of hydrogen-bond acceptors (Lipinski definition) is 2. The fourth-order valence-electron chi connectivity index (χ4n) is 1.80. The van der Waals surface area contributed by atoms with Crippen LogP contribution in [0.5, 0.6) is 0 Å². The van der Waals surface area contributed by atoms with E-state index in [2.05, 4.69) is 12.2 Å². The van der Waals surface area contributed by atoms with Gasteiger partial charge in [-0.05, 0) is 6.42 Å². The summed E-state index contributed by atoms with van der Waals surface area (Å²) in [6, 6.07) is -0.455. The zero-order valence-corrected chi connectivity index (χ0v) is 9.74. The lowest BCUT2D eigenvalue weighted by molar-refractivity contribution is -0.132. The van der Waals surface area contributed by atoms with Crippen molar-refractivity contribution in [2.75, 3.05) is 13.1 Å². The first kappa shape index (κ1) is 12.8. The lowest BCUT2D eigenvalue weighted by Crippen LogP contribution is -2.63. The molecule has 1 fully saturated rings. The summed E-state index contributed by atoms with van der Waals surface area (Å²) >= 11 is 0. The first-order valence-electron chi connectivity index (χ1n) is 5.94. The highest BCUT2D eigenvalue weighted by Gasteiger charge is 2.35. The molecule has 1 rings (SSSR count). The van der Waals surface area contributed by atoms with Crippen LogP contribution in [0.25, 0.3) is 0 Å². The molecule has 5 heteroatoms. The molecule has 5 nitrogen and oxygen atoms in total. The standard InChI is InChI=1S/C11H20N2O3/c1-2-3-4-5-6-7-13(11(15)16)9-8-12-10(9)14/h9H,2-8H2,1H3,(H,12,14)(H,15,16)/t9-/m0/s1. The quantitative estimate of drug-likeness (QED) is 0.511. The van der Waals surface area contributed by atoms with Gasteiger partial charge in [0, 0.05) is 13.1 Å². The minimum absolute atomic E-state index is 0.170. The summed E-state index contributed by atoms with van der Waals surface area (Å²) < 4.78 is 0. The molecule has 0 aromatic rings. The van der Waals surface area contributed by atoms with Gasteiger partial charge >= 0.3 is 6.09 Å². The van der Waals surface area contributed by atoms with Crippen molar-refractivity contribution in [1.29, 1.82) is 0 Å². The summed E-state index contributed by atoms with van der Waals surface area (Å²) in [6.45, 7) is 3.07. The van der Waals surface area contributed by atoms with Gasteiger partial charge in [-0.2, -0.15) is 0 Å². The summed E-state index contributed by atoms with van der Waals surface area (Å²) in [6.07, 6.45) is 4.39. The fourth-order valence-corrected chi connectivity index (χ4v) is 1.80. The molecule has 1 aliphatic rings. The Morgan fingerprint density at radius 1 is 1.44 bits per heavy atom. The molecule has 2 N–H and O–H groups in total. The second-order valence-corrected chi connectivity index (χ2v) is 4.15. The van der Waals surface area contributed by atoms with E-state index in [1.165, 1.54) is 17.7 Å². The predicted octanol–water partition coefficient (Wildman–Crippen LogP) is 1.44. The molecule has 0 saturated carbocycles. The van der Waals surface area contributed by atoms with E-state index in [1.54, 1.807) is 0 Å². The van der Waals surface area contributed by atoms with Crippen LogP contribution in [0.2, 0.25) is 0 Å². The van der Waals surface area contributed by atoms with Gasteiger partial charge in [-0.3, -0.25) is 9.69 Å². The van der Waals surface area contributed by atoms with Crippen molar-refractivity contribution >= 4 is 12.0 Å². The van der Waals surface area contributed by atoms with E-state index in [0.717, 1.165) is 19.3 Å². The zero-order chi connectivity index (χ0) is 12.0. The molecule has 1 saturated heterocycles. The number of amides is 2. The third kappa shape index (κ3) is 3.40. The topological polar surface area (TPSA) is 69.6 Å². The Morgan fingerprint density at radius 3 is 2.56 bits per heavy atom. The third-order valence-electron chi connectivity index (χ3n) is 2.90. The molecule has 92 valence electrons. The molecule has 0 unspecified atom stereocenters. The van der Waals surface area contributed by atoms with Crippen LogP contribution in [0, 0.1) is 0 Å². The molecule has 2 amide bonds. The Morgan fingerprint density at radius 2 is 2.12 bits per heavy atom. The van der Waals surface area contributed by atoms with Gasteiger partial charge in [0.1, 0.15) is 6.04 Å². The summed E-state index contributed by atoms with van der Waals surface area (Å²) in [7, 11) is 0. The Kier molecular flexibility index (Phi) is 5.08. The molecule has 0 aromatic carbocycles. The summed E-state index contributed by atoms with van der Waals surface area (Å²) in [4.78, 5) is 23.3. The van der Waals surface area contributed by atoms with Crippen LogP contribution in [-0.4, -0.2) is 41.1 Å². The molecule has 0 radical (unpaired) electrons. The maximum absolute atomic E-state index is 11.1. The lowest BCUT2D eigenvalue weighted by atomic mass is 10.1. The molecule has 0 aromatic heterocycles. The highest BCUT2D eigenvalue weighted by Crippen LogP contribution is 2.10. The predicted molar refractivity (Wildman–Crippen MR) is 60.3 cm³/mol. The van der Waals surface area contributed by atoms with Gasteiger partial charge in [0.15, 0.2) is 0 Å². The van der Waals surface area contributed by atoms with E-state index in [9.17, 15) is 9.59 Å². The van der Waals surface area contributed by atoms with Crippen LogP contribution in [0.15, 0.2) is 0 Å². The Hall–Kier alpha value is -1.26. The highest BCUT2D eigenvalue weighted by atomic mass is 16.4. The molecule has 0 aliphatic carbocycles. The molecular weight excluding hydrogens is 208 g/mol. The lowest BCUT2D eigenvalue weighted by Gasteiger charge is -2.34. The second kappa shape index (κ2) is 6.35. The second-order valence-electron chi connectivity index (χ2n) is 4.15. The van der Waals surface area contributed by atoms with E-state index in [-0.39, 0.29) is 5.91 Å². The molecule has 16 heavy (non-hydrogen) atoms. The van der Waals surface area contributed by atoms with E-state index in [0.29, 0.717) is 13.1 Å². The first-order valence-corrected chi connectivity index (χ1v) is 5.94. The van der Waals surface area contributed by atoms with Gasteiger partial charge in [-0.25, -0.2) is 4.79 Å². The Labute approximate surface area is 95.8 Å². The maximum atomic E-state index is 11.1.